The lowest BCUT2D eigenvalue weighted by molar-refractivity contribution is -0.344. The van der Waals surface area contributed by atoms with E-state index >= 15 is 0 Å². The Hall–Kier alpha value is -4.26. The second kappa shape index (κ2) is 9.07. The number of carbonyl (C=O) groups is 1. The number of H-pyrrole nitrogens is 1. The summed E-state index contributed by atoms with van der Waals surface area (Å²) in [6, 6.07) is 19.8. The number of methoxy groups -OCH3 is 1. The normalized spacial score (nSPS) is 14.8. The van der Waals surface area contributed by atoms with Crippen LogP contribution in [0.3, 0.4) is 0 Å². The van der Waals surface area contributed by atoms with Gasteiger partial charge in [-0.15, -0.1) is 0 Å². The Balaban J connectivity index is 1.38. The Morgan fingerprint density at radius 1 is 0.889 bits per heavy atom. The molecule has 6 rings (SSSR count). The van der Waals surface area contributed by atoms with Crippen molar-refractivity contribution in [1.82, 2.24) is 0 Å². The Morgan fingerprint density at radius 3 is 2.25 bits per heavy atom. The highest BCUT2D eigenvalue weighted by molar-refractivity contribution is 6.15. The molecule has 0 amide bonds. The molecule has 0 bridgehead atoms. The zero-order valence-electron chi connectivity index (χ0n) is 20.4. The minimum absolute atomic E-state index is 0.00148. The zero-order chi connectivity index (χ0) is 24.6. The quantitative estimate of drug-likeness (QED) is 0.396. The molecule has 7 nitrogen and oxygen atoms in total. The van der Waals surface area contributed by atoms with Crippen LogP contribution in [0, 0.1) is 6.92 Å². The molecular formula is C29H28N3O4+. The summed E-state index contributed by atoms with van der Waals surface area (Å²) in [7, 11) is 1.68. The zero-order valence-corrected chi connectivity index (χ0v) is 20.4. The number of carbonyl (C=O) groups excluding carboxylic acids is 1. The smallest absolute Gasteiger partial charge is 0.231 e. The number of nitrogens with one attached hydrogen (secondary N) is 1. The molecule has 0 unspecified atom stereocenters. The van der Waals surface area contributed by atoms with Gasteiger partial charge in [0.25, 0.3) is 0 Å². The molecular weight excluding hydrogens is 454 g/mol. The minimum atomic E-state index is -0.00148. The molecule has 3 heterocycles. The van der Waals surface area contributed by atoms with E-state index in [0.717, 1.165) is 54.1 Å². The highest BCUT2D eigenvalue weighted by Gasteiger charge is 2.29. The molecule has 0 spiro atoms. The number of aryl methyl sites for hydroxylation is 1. The van der Waals surface area contributed by atoms with Gasteiger partial charge in [-0.3, -0.25) is 4.79 Å². The number of piperazine rings is 1. The second-order valence-corrected chi connectivity index (χ2v) is 9.17. The third kappa shape index (κ3) is 3.96. The van der Waals surface area contributed by atoms with E-state index in [1.807, 2.05) is 61.7 Å². The average Bonchev–Trinajstić information content (AvgIpc) is 3.39. The number of rotatable bonds is 5. The van der Waals surface area contributed by atoms with Crippen LogP contribution in [0.25, 0.3) is 10.9 Å². The van der Waals surface area contributed by atoms with Crippen molar-refractivity contribution in [1.29, 1.82) is 0 Å². The third-order valence-electron chi connectivity index (χ3n) is 6.99. The molecule has 1 fully saturated rings. The highest BCUT2D eigenvalue weighted by Crippen LogP contribution is 2.40. The van der Waals surface area contributed by atoms with Crippen LogP contribution in [0.5, 0.6) is 17.2 Å². The number of fused-ring (bicyclic) bond motifs is 2. The molecule has 1 saturated heterocycles. The van der Waals surface area contributed by atoms with Crippen LogP contribution in [0.4, 0.5) is 11.4 Å². The van der Waals surface area contributed by atoms with Crippen LogP contribution in [-0.2, 0) is 0 Å². The summed E-state index contributed by atoms with van der Waals surface area (Å²) in [5.74, 6) is 2.27. The molecule has 1 aromatic heterocycles. The van der Waals surface area contributed by atoms with Crippen LogP contribution in [0.1, 0.15) is 21.5 Å². The first kappa shape index (κ1) is 22.2. The maximum atomic E-state index is 13.7. The van der Waals surface area contributed by atoms with E-state index in [9.17, 15) is 4.79 Å². The summed E-state index contributed by atoms with van der Waals surface area (Å²) >= 11 is 0. The molecule has 36 heavy (non-hydrogen) atoms. The van der Waals surface area contributed by atoms with Gasteiger partial charge >= 0.3 is 0 Å². The molecule has 0 aliphatic carbocycles. The summed E-state index contributed by atoms with van der Waals surface area (Å²) in [5, 5.41) is 0.954. The molecule has 2 aliphatic rings. The fourth-order valence-electron chi connectivity index (χ4n) is 4.98. The van der Waals surface area contributed by atoms with Gasteiger partial charge in [-0.05, 0) is 31.2 Å². The fraction of sp³-hybridized carbons (Fsp3) is 0.241. The predicted molar refractivity (Wildman–Crippen MR) is 139 cm³/mol. The molecule has 0 atom stereocenters. The molecule has 2 aliphatic heterocycles. The molecule has 4 aromatic rings. The summed E-state index contributed by atoms with van der Waals surface area (Å²) in [6.07, 6.45) is 1.83. The van der Waals surface area contributed by atoms with Crippen molar-refractivity contribution in [3.8, 4) is 17.2 Å². The number of pyridine rings is 1. The Bertz CT molecular complexity index is 1430. The topological polar surface area (TPSA) is 65.4 Å². The number of benzene rings is 3. The van der Waals surface area contributed by atoms with E-state index < -0.39 is 0 Å². The number of nitrogens with zero attached hydrogens (tertiary/aromatic N) is 2. The van der Waals surface area contributed by atoms with Gasteiger partial charge in [-0.2, -0.15) is 0 Å². The number of hydrogen-bond donors (Lipinski definition) is 0. The SMILES string of the molecule is COc1ccc(N2CCN(c3c(C(=O)c4ccc(C)cc4)c[nH+]c4cc5c(cc34)OCO5)CC2)cc1. The van der Waals surface area contributed by atoms with Gasteiger partial charge in [-0.25, -0.2) is 4.98 Å². The largest absolute Gasteiger partial charge is 0.497 e. The van der Waals surface area contributed by atoms with Crippen molar-refractivity contribution >= 4 is 28.1 Å². The highest BCUT2D eigenvalue weighted by atomic mass is 16.7. The van der Waals surface area contributed by atoms with Crippen LogP contribution in [0.2, 0.25) is 0 Å². The van der Waals surface area contributed by atoms with E-state index in [1.165, 1.54) is 5.69 Å². The number of ether oxygens (including phenoxy) is 3. The van der Waals surface area contributed by atoms with Gasteiger partial charge in [0.05, 0.1) is 24.2 Å². The maximum Gasteiger partial charge on any atom is 0.231 e. The van der Waals surface area contributed by atoms with Crippen LogP contribution < -0.4 is 29.0 Å². The number of aromatic amines is 1. The summed E-state index contributed by atoms with van der Waals surface area (Å²) in [6.45, 7) is 5.48. The summed E-state index contributed by atoms with van der Waals surface area (Å²) in [4.78, 5) is 21.7. The lowest BCUT2D eigenvalue weighted by Crippen LogP contribution is -2.47. The third-order valence-corrected chi connectivity index (χ3v) is 6.99. The first-order valence-corrected chi connectivity index (χ1v) is 12.1. The number of aromatic nitrogens is 1. The van der Waals surface area contributed by atoms with Crippen molar-refractivity contribution in [2.45, 2.75) is 6.92 Å². The molecule has 0 radical (unpaired) electrons. The van der Waals surface area contributed by atoms with Crippen molar-refractivity contribution in [3.05, 3.63) is 83.6 Å². The summed E-state index contributed by atoms with van der Waals surface area (Å²) < 4.78 is 16.6. The van der Waals surface area contributed by atoms with Gasteiger partial charge in [-0.1, -0.05) is 29.8 Å². The molecule has 0 saturated carbocycles. The average molecular weight is 483 g/mol. The molecule has 1 N–H and O–H groups in total. The van der Waals surface area contributed by atoms with Crippen molar-refractivity contribution in [2.24, 2.45) is 0 Å². The Labute approximate surface area is 209 Å². The monoisotopic (exact) mass is 482 g/mol. The molecule has 3 aromatic carbocycles. The lowest BCUT2D eigenvalue weighted by Gasteiger charge is -2.38. The number of hydrogen-bond acceptors (Lipinski definition) is 6. The van der Waals surface area contributed by atoms with E-state index in [2.05, 4.69) is 26.9 Å². The van der Waals surface area contributed by atoms with Gasteiger partial charge in [0.15, 0.2) is 17.7 Å². The van der Waals surface area contributed by atoms with Gasteiger partial charge in [0, 0.05) is 43.5 Å². The fourth-order valence-corrected chi connectivity index (χ4v) is 4.98. The van der Waals surface area contributed by atoms with Crippen molar-refractivity contribution < 1.29 is 24.0 Å². The predicted octanol–water partition coefficient (Wildman–Crippen LogP) is 4.26. The minimum Gasteiger partial charge on any atom is -0.497 e. The first-order chi connectivity index (χ1) is 17.6. The molecule has 7 heteroatoms. The standard InChI is InChI=1S/C29H27N3O4/c1-19-3-5-20(6-4-19)29(33)24-17-30-25-16-27-26(35-18-36-27)15-23(25)28(24)32-13-11-31(12-14-32)21-7-9-22(34-2)10-8-21/h3-10,15-17H,11-14,18H2,1-2H3/p+1. The first-order valence-electron chi connectivity index (χ1n) is 12.1. The van der Waals surface area contributed by atoms with E-state index in [-0.39, 0.29) is 12.6 Å². The number of anilines is 2. The summed E-state index contributed by atoms with van der Waals surface area (Å²) in [5.41, 5.74) is 5.46. The van der Waals surface area contributed by atoms with E-state index in [0.29, 0.717) is 22.6 Å². The van der Waals surface area contributed by atoms with Crippen LogP contribution in [0.15, 0.2) is 66.9 Å². The van der Waals surface area contributed by atoms with Gasteiger partial charge < -0.3 is 24.0 Å². The molecule has 182 valence electrons. The van der Waals surface area contributed by atoms with Crippen LogP contribution >= 0.6 is 0 Å². The van der Waals surface area contributed by atoms with E-state index in [1.54, 1.807) is 7.11 Å². The van der Waals surface area contributed by atoms with Crippen molar-refractivity contribution in [2.75, 3.05) is 49.9 Å². The van der Waals surface area contributed by atoms with Gasteiger partial charge in [0.1, 0.15) is 11.3 Å². The van der Waals surface area contributed by atoms with E-state index in [4.69, 9.17) is 14.2 Å². The number of ketones is 1. The Kier molecular flexibility index (Phi) is 5.60. The van der Waals surface area contributed by atoms with Crippen LogP contribution in [-0.4, -0.2) is 45.9 Å². The Morgan fingerprint density at radius 2 is 1.56 bits per heavy atom. The van der Waals surface area contributed by atoms with Gasteiger partial charge in [0.2, 0.25) is 18.1 Å². The maximum absolute atomic E-state index is 13.7. The second-order valence-electron chi connectivity index (χ2n) is 9.17. The lowest BCUT2D eigenvalue weighted by atomic mass is 9.98. The van der Waals surface area contributed by atoms with Crippen molar-refractivity contribution in [3.63, 3.8) is 0 Å².